The first kappa shape index (κ1) is 14.5. The summed E-state index contributed by atoms with van der Waals surface area (Å²) in [6.45, 7) is 4.25. The topological polar surface area (TPSA) is 93.8 Å². The third kappa shape index (κ3) is 3.58. The lowest BCUT2D eigenvalue weighted by Crippen LogP contribution is -2.19. The van der Waals surface area contributed by atoms with Gasteiger partial charge in [0.15, 0.2) is 0 Å². The molecule has 0 aromatic carbocycles. The summed E-state index contributed by atoms with van der Waals surface area (Å²) < 4.78 is 29.9. The van der Waals surface area contributed by atoms with Crippen LogP contribution in [0.2, 0.25) is 0 Å². The van der Waals surface area contributed by atoms with E-state index in [0.717, 1.165) is 13.1 Å². The van der Waals surface area contributed by atoms with Gasteiger partial charge in [0.1, 0.15) is 4.90 Å². The molecule has 0 bridgehead atoms. The van der Waals surface area contributed by atoms with Crippen LogP contribution in [0.25, 0.3) is 0 Å². The second-order valence-electron chi connectivity index (χ2n) is 4.30. The monoisotopic (exact) mass is 298 g/mol. The van der Waals surface area contributed by atoms with Crippen LogP contribution in [0.1, 0.15) is 6.92 Å². The molecule has 20 heavy (non-hydrogen) atoms. The smallest absolute Gasteiger partial charge is 0.265 e. The van der Waals surface area contributed by atoms with E-state index in [0.29, 0.717) is 12.2 Å². The number of rotatable bonds is 7. The van der Waals surface area contributed by atoms with Crippen molar-refractivity contribution in [3.63, 3.8) is 0 Å². The molecule has 0 spiro atoms. The van der Waals surface area contributed by atoms with E-state index in [-0.39, 0.29) is 4.90 Å². The van der Waals surface area contributed by atoms with Crippen LogP contribution < -0.4 is 10.0 Å². The number of aromatic nitrogens is 4. The lowest BCUT2D eigenvalue weighted by molar-refractivity contribution is 0.564. The summed E-state index contributed by atoms with van der Waals surface area (Å²) in [5.41, 5.74) is 0.424. The van der Waals surface area contributed by atoms with E-state index in [1.807, 2.05) is 6.92 Å². The van der Waals surface area contributed by atoms with E-state index < -0.39 is 10.0 Å². The van der Waals surface area contributed by atoms with Crippen molar-refractivity contribution in [3.8, 4) is 0 Å². The molecule has 2 rings (SSSR count). The van der Waals surface area contributed by atoms with Crippen LogP contribution in [0.5, 0.6) is 0 Å². The highest BCUT2D eigenvalue weighted by molar-refractivity contribution is 7.92. The van der Waals surface area contributed by atoms with Crippen LogP contribution in [0.15, 0.2) is 29.7 Å². The predicted octanol–water partition coefficient (Wildman–Crippen LogP) is 0.0269. The van der Waals surface area contributed by atoms with Crippen LogP contribution in [0.4, 0.5) is 5.69 Å². The molecule has 0 aliphatic carbocycles. The maximum Gasteiger partial charge on any atom is 0.265 e. The Kier molecular flexibility index (Phi) is 4.40. The minimum Gasteiger partial charge on any atom is -0.315 e. The summed E-state index contributed by atoms with van der Waals surface area (Å²) in [4.78, 5) is 0.137. The third-order valence-electron chi connectivity index (χ3n) is 2.64. The molecule has 2 heterocycles. The second kappa shape index (κ2) is 6.06. The fourth-order valence-corrected chi connectivity index (χ4v) is 2.64. The van der Waals surface area contributed by atoms with Crippen LogP contribution in [0.3, 0.4) is 0 Å². The highest BCUT2D eigenvalue weighted by Gasteiger charge is 2.17. The minimum absolute atomic E-state index is 0.137. The normalized spacial score (nSPS) is 11.7. The van der Waals surface area contributed by atoms with E-state index in [4.69, 9.17) is 0 Å². The summed E-state index contributed by atoms with van der Waals surface area (Å²) >= 11 is 0. The van der Waals surface area contributed by atoms with E-state index in [9.17, 15) is 8.42 Å². The van der Waals surface area contributed by atoms with Gasteiger partial charge in [-0.3, -0.25) is 14.1 Å². The zero-order chi connectivity index (χ0) is 14.6. The Bertz CT molecular complexity index is 660. The second-order valence-corrected chi connectivity index (χ2v) is 5.98. The van der Waals surface area contributed by atoms with Gasteiger partial charge in [-0.1, -0.05) is 6.92 Å². The molecule has 9 heteroatoms. The average Bonchev–Trinajstić information content (AvgIpc) is 2.99. The molecule has 8 nitrogen and oxygen atoms in total. The van der Waals surface area contributed by atoms with Gasteiger partial charge in [0, 0.05) is 26.0 Å². The van der Waals surface area contributed by atoms with Crippen LogP contribution in [0, 0.1) is 0 Å². The number of hydrogen-bond acceptors (Lipinski definition) is 5. The van der Waals surface area contributed by atoms with Gasteiger partial charge >= 0.3 is 0 Å². The Hall–Kier alpha value is -1.87. The van der Waals surface area contributed by atoms with E-state index in [2.05, 4.69) is 20.2 Å². The molecule has 2 N–H and O–H groups in total. The molecule has 0 aliphatic heterocycles. The Labute approximate surface area is 117 Å². The molecule has 0 atom stereocenters. The fraction of sp³-hybridized carbons (Fsp3) is 0.455. The van der Waals surface area contributed by atoms with Gasteiger partial charge in [-0.15, -0.1) is 0 Å². The summed E-state index contributed by atoms with van der Waals surface area (Å²) in [5, 5.41) is 11.1. The number of anilines is 1. The van der Waals surface area contributed by atoms with E-state index in [1.54, 1.807) is 17.9 Å². The van der Waals surface area contributed by atoms with Crippen LogP contribution in [-0.4, -0.2) is 41.1 Å². The molecule has 0 amide bonds. The zero-order valence-corrected chi connectivity index (χ0v) is 12.3. The maximum atomic E-state index is 12.1. The number of nitrogens with one attached hydrogen (secondary N) is 2. The molecule has 110 valence electrons. The number of hydrogen-bond donors (Lipinski definition) is 2. The fourth-order valence-electron chi connectivity index (χ4n) is 1.66. The highest BCUT2D eigenvalue weighted by atomic mass is 32.2. The zero-order valence-electron chi connectivity index (χ0n) is 11.4. The summed E-state index contributed by atoms with van der Waals surface area (Å²) in [6, 6.07) is 0. The first-order valence-electron chi connectivity index (χ1n) is 6.26. The van der Waals surface area contributed by atoms with Gasteiger partial charge in [0.2, 0.25) is 0 Å². The van der Waals surface area contributed by atoms with Crippen molar-refractivity contribution >= 4 is 15.7 Å². The number of sulfonamides is 1. The number of likely N-dealkylation sites (N-methyl/N-ethyl adjacent to an activating group) is 1. The lowest BCUT2D eigenvalue weighted by Gasteiger charge is -2.03. The third-order valence-corrected chi connectivity index (χ3v) is 3.98. The van der Waals surface area contributed by atoms with Gasteiger partial charge in [-0.25, -0.2) is 8.42 Å². The van der Waals surface area contributed by atoms with Crippen molar-refractivity contribution in [2.45, 2.75) is 18.4 Å². The molecule has 0 fully saturated rings. The quantitative estimate of drug-likeness (QED) is 0.703. The molecule has 2 aromatic heterocycles. The van der Waals surface area contributed by atoms with Gasteiger partial charge < -0.3 is 5.32 Å². The first-order valence-corrected chi connectivity index (χ1v) is 7.74. The lowest BCUT2D eigenvalue weighted by atomic mass is 10.6. The van der Waals surface area contributed by atoms with E-state index in [1.165, 1.54) is 23.3 Å². The Morgan fingerprint density at radius 2 is 2.05 bits per heavy atom. The molecular formula is C11H18N6O2S. The van der Waals surface area contributed by atoms with Crippen molar-refractivity contribution in [2.24, 2.45) is 7.05 Å². The molecule has 0 radical (unpaired) electrons. The predicted molar refractivity (Wildman–Crippen MR) is 74.8 cm³/mol. The van der Waals surface area contributed by atoms with Crippen molar-refractivity contribution in [2.75, 3.05) is 17.8 Å². The highest BCUT2D eigenvalue weighted by Crippen LogP contribution is 2.14. The summed E-state index contributed by atoms with van der Waals surface area (Å²) in [6.07, 6.45) is 5.89. The Morgan fingerprint density at radius 3 is 2.70 bits per heavy atom. The largest absolute Gasteiger partial charge is 0.315 e. The van der Waals surface area contributed by atoms with Gasteiger partial charge in [-0.05, 0) is 6.54 Å². The van der Waals surface area contributed by atoms with Crippen molar-refractivity contribution in [3.05, 3.63) is 24.8 Å². The SMILES string of the molecule is CCNCCn1cc(S(=O)(=O)Nc2cnn(C)c2)cn1. The van der Waals surface area contributed by atoms with Crippen molar-refractivity contribution in [1.29, 1.82) is 0 Å². The minimum atomic E-state index is -3.62. The van der Waals surface area contributed by atoms with Crippen molar-refractivity contribution < 1.29 is 8.42 Å². The Balaban J connectivity index is 2.06. The molecule has 0 saturated carbocycles. The standard InChI is InChI=1S/C11H18N6O2S/c1-3-12-4-5-17-9-11(7-14-17)20(18,19)15-10-6-13-16(2)8-10/h6-9,12,15H,3-5H2,1-2H3. The molecule has 0 unspecified atom stereocenters. The summed E-state index contributed by atoms with van der Waals surface area (Å²) in [5.74, 6) is 0. The average molecular weight is 298 g/mol. The van der Waals surface area contributed by atoms with Crippen LogP contribution >= 0.6 is 0 Å². The molecule has 2 aromatic rings. The molecular weight excluding hydrogens is 280 g/mol. The van der Waals surface area contributed by atoms with Gasteiger partial charge in [-0.2, -0.15) is 10.2 Å². The van der Waals surface area contributed by atoms with Crippen LogP contribution in [-0.2, 0) is 23.6 Å². The Morgan fingerprint density at radius 1 is 1.25 bits per heavy atom. The number of nitrogens with zero attached hydrogens (tertiary/aromatic N) is 4. The number of aryl methyl sites for hydroxylation is 1. The van der Waals surface area contributed by atoms with Crippen molar-refractivity contribution in [1.82, 2.24) is 24.9 Å². The van der Waals surface area contributed by atoms with Gasteiger partial charge in [0.25, 0.3) is 10.0 Å². The molecule has 0 saturated heterocycles. The van der Waals surface area contributed by atoms with Gasteiger partial charge in [0.05, 0.1) is 24.6 Å². The maximum absolute atomic E-state index is 12.1. The first-order chi connectivity index (χ1) is 9.51. The summed E-state index contributed by atoms with van der Waals surface area (Å²) in [7, 11) is -1.90. The molecule has 0 aliphatic rings. The van der Waals surface area contributed by atoms with E-state index >= 15 is 0 Å².